The van der Waals surface area contributed by atoms with Crippen LogP contribution in [0.4, 0.5) is 0 Å². The highest BCUT2D eigenvalue weighted by Gasteiger charge is 2.16. The zero-order valence-electron chi connectivity index (χ0n) is 18.1. The van der Waals surface area contributed by atoms with Crippen molar-refractivity contribution in [3.05, 3.63) is 75.0 Å². The van der Waals surface area contributed by atoms with Crippen molar-refractivity contribution in [2.75, 3.05) is 7.11 Å². The van der Waals surface area contributed by atoms with Crippen LogP contribution in [0, 0.1) is 0 Å². The van der Waals surface area contributed by atoms with Gasteiger partial charge in [-0.1, -0.05) is 25.5 Å². The number of carbonyl (C=O) groups excluding carboxylic acids is 1. The number of carboxylic acid groups (broad SMARTS) is 1. The topological polar surface area (TPSA) is 102 Å². The average Bonchev–Trinajstić information content (AvgIpc) is 3.42. The van der Waals surface area contributed by atoms with E-state index in [2.05, 4.69) is 16.6 Å². The van der Waals surface area contributed by atoms with Crippen molar-refractivity contribution in [3.63, 3.8) is 0 Å². The number of esters is 1. The molecule has 0 fully saturated rings. The Morgan fingerprint density at radius 2 is 2.09 bits per heavy atom. The summed E-state index contributed by atoms with van der Waals surface area (Å²) in [7, 11) is 1.26. The minimum atomic E-state index is -0.971. The second kappa shape index (κ2) is 10.8. The molecule has 168 valence electrons. The Bertz CT molecular complexity index is 1120. The number of hydrogen-bond acceptors (Lipinski definition) is 6. The SMILES string of the molecule is CCCCc1ncc(C=C(Cc2cccs2)C(=O)O)n1Cc1ccc(C(=O)OC)c(O)c1. The first kappa shape index (κ1) is 23.3. The van der Waals surface area contributed by atoms with Crippen molar-refractivity contribution in [3.8, 4) is 5.75 Å². The normalized spacial score (nSPS) is 11.5. The van der Waals surface area contributed by atoms with Gasteiger partial charge in [0.2, 0.25) is 0 Å². The Morgan fingerprint density at radius 1 is 1.28 bits per heavy atom. The molecule has 3 rings (SSSR count). The van der Waals surface area contributed by atoms with Gasteiger partial charge in [0, 0.05) is 29.8 Å². The van der Waals surface area contributed by atoms with Gasteiger partial charge in [0.25, 0.3) is 0 Å². The lowest BCUT2D eigenvalue weighted by Crippen LogP contribution is -2.10. The molecule has 2 aromatic heterocycles. The fraction of sp³-hybridized carbons (Fsp3) is 0.292. The van der Waals surface area contributed by atoms with Gasteiger partial charge in [-0.15, -0.1) is 11.3 Å². The molecule has 7 nitrogen and oxygen atoms in total. The number of nitrogens with zero attached hydrogens (tertiary/aromatic N) is 2. The van der Waals surface area contributed by atoms with Crippen LogP contribution in [0.3, 0.4) is 0 Å². The maximum absolute atomic E-state index is 11.9. The molecule has 0 unspecified atom stereocenters. The Morgan fingerprint density at radius 3 is 2.72 bits per heavy atom. The van der Waals surface area contributed by atoms with E-state index in [4.69, 9.17) is 0 Å². The maximum Gasteiger partial charge on any atom is 0.341 e. The molecule has 0 atom stereocenters. The van der Waals surface area contributed by atoms with Crippen LogP contribution >= 0.6 is 11.3 Å². The number of aryl methyl sites for hydroxylation is 1. The highest BCUT2D eigenvalue weighted by atomic mass is 32.1. The van der Waals surface area contributed by atoms with Crippen LogP contribution in [0.1, 0.15) is 52.1 Å². The zero-order chi connectivity index (χ0) is 23.1. The molecule has 2 heterocycles. The highest BCUT2D eigenvalue weighted by Crippen LogP contribution is 2.23. The van der Waals surface area contributed by atoms with Crippen molar-refractivity contribution >= 4 is 29.4 Å². The van der Waals surface area contributed by atoms with Crippen molar-refractivity contribution < 1.29 is 24.5 Å². The summed E-state index contributed by atoms with van der Waals surface area (Å²) >= 11 is 1.52. The Labute approximate surface area is 190 Å². The molecule has 0 spiro atoms. The third kappa shape index (κ3) is 5.64. The average molecular weight is 455 g/mol. The zero-order valence-corrected chi connectivity index (χ0v) is 18.9. The number of unbranched alkanes of at least 4 members (excludes halogenated alkanes) is 1. The lowest BCUT2D eigenvalue weighted by molar-refractivity contribution is -0.132. The van der Waals surface area contributed by atoms with Gasteiger partial charge in [0.1, 0.15) is 17.1 Å². The number of phenols is 1. The van der Waals surface area contributed by atoms with Crippen LogP contribution in [0.25, 0.3) is 6.08 Å². The molecule has 0 aliphatic carbocycles. The van der Waals surface area contributed by atoms with Gasteiger partial charge >= 0.3 is 11.9 Å². The fourth-order valence-electron chi connectivity index (χ4n) is 3.37. The summed E-state index contributed by atoms with van der Waals surface area (Å²) in [6.07, 6.45) is 6.39. The third-order valence-corrected chi connectivity index (χ3v) is 5.95. The summed E-state index contributed by atoms with van der Waals surface area (Å²) in [4.78, 5) is 29.1. The number of thiophene rings is 1. The van der Waals surface area contributed by atoms with Gasteiger partial charge in [-0.05, 0) is 41.6 Å². The molecule has 2 N–H and O–H groups in total. The monoisotopic (exact) mass is 454 g/mol. The minimum Gasteiger partial charge on any atom is -0.507 e. The molecule has 0 radical (unpaired) electrons. The minimum absolute atomic E-state index is 0.0947. The first-order valence-corrected chi connectivity index (χ1v) is 11.2. The standard InChI is InChI=1S/C24H26N2O5S/c1-3-4-7-22-25-14-18(12-17(23(28)29)13-19-6-5-10-32-19)26(22)15-16-8-9-20(21(27)11-16)24(30)31-2/h5-6,8-12,14,27H,3-4,7,13,15H2,1-2H3,(H,28,29). The Balaban J connectivity index is 1.96. The van der Waals surface area contributed by atoms with E-state index in [-0.39, 0.29) is 16.9 Å². The fourth-order valence-corrected chi connectivity index (χ4v) is 4.10. The van der Waals surface area contributed by atoms with Crippen molar-refractivity contribution in [1.82, 2.24) is 9.55 Å². The van der Waals surface area contributed by atoms with E-state index in [1.54, 1.807) is 18.3 Å². The number of phenolic OH excluding ortho intramolecular Hbond substituents is 1. The van der Waals surface area contributed by atoms with E-state index in [0.29, 0.717) is 18.7 Å². The smallest absolute Gasteiger partial charge is 0.341 e. The summed E-state index contributed by atoms with van der Waals surface area (Å²) in [6.45, 7) is 2.48. The van der Waals surface area contributed by atoms with Crippen LogP contribution in [-0.2, 0) is 28.9 Å². The molecule has 32 heavy (non-hydrogen) atoms. The summed E-state index contributed by atoms with van der Waals surface area (Å²) in [5.41, 5.74) is 1.81. The van der Waals surface area contributed by atoms with E-state index in [9.17, 15) is 19.8 Å². The number of methoxy groups -OCH3 is 1. The first-order valence-electron chi connectivity index (χ1n) is 10.3. The number of aromatic nitrogens is 2. The number of benzene rings is 1. The largest absolute Gasteiger partial charge is 0.507 e. The number of carbonyl (C=O) groups is 2. The van der Waals surface area contributed by atoms with Gasteiger partial charge < -0.3 is 19.5 Å². The van der Waals surface area contributed by atoms with Crippen LogP contribution in [-0.4, -0.2) is 38.8 Å². The first-order chi connectivity index (χ1) is 15.4. The quantitative estimate of drug-likeness (QED) is 0.345. The van der Waals surface area contributed by atoms with E-state index in [1.165, 1.54) is 30.6 Å². The number of imidazole rings is 1. The summed E-state index contributed by atoms with van der Waals surface area (Å²) in [5, 5.41) is 21.9. The van der Waals surface area contributed by atoms with E-state index in [1.807, 2.05) is 22.1 Å². The molecular weight excluding hydrogens is 428 g/mol. The molecule has 8 heteroatoms. The molecular formula is C24H26N2O5S. The van der Waals surface area contributed by atoms with E-state index >= 15 is 0 Å². The van der Waals surface area contributed by atoms with Gasteiger partial charge in [-0.3, -0.25) is 0 Å². The van der Waals surface area contributed by atoms with Crippen molar-refractivity contribution in [1.29, 1.82) is 0 Å². The molecule has 3 aromatic rings. The molecule has 0 saturated carbocycles. The summed E-state index contributed by atoms with van der Waals surface area (Å²) in [5.74, 6) is -0.897. The van der Waals surface area contributed by atoms with Crippen LogP contribution in [0.5, 0.6) is 5.75 Å². The second-order valence-corrected chi connectivity index (χ2v) is 8.40. The van der Waals surface area contributed by atoms with Crippen molar-refractivity contribution in [2.45, 2.75) is 39.2 Å². The maximum atomic E-state index is 11.9. The Kier molecular flexibility index (Phi) is 7.83. The van der Waals surface area contributed by atoms with Crippen LogP contribution < -0.4 is 0 Å². The second-order valence-electron chi connectivity index (χ2n) is 7.36. The van der Waals surface area contributed by atoms with Gasteiger partial charge in [-0.25, -0.2) is 14.6 Å². The summed E-state index contributed by atoms with van der Waals surface area (Å²) < 4.78 is 6.64. The van der Waals surface area contributed by atoms with E-state index < -0.39 is 11.9 Å². The third-order valence-electron chi connectivity index (χ3n) is 5.07. The van der Waals surface area contributed by atoms with Crippen molar-refractivity contribution in [2.24, 2.45) is 0 Å². The number of carboxylic acids is 1. The van der Waals surface area contributed by atoms with Crippen LogP contribution in [0.2, 0.25) is 0 Å². The molecule has 0 bridgehead atoms. The molecule has 0 amide bonds. The molecule has 1 aromatic carbocycles. The van der Waals surface area contributed by atoms with Gasteiger partial charge in [0.15, 0.2) is 0 Å². The molecule has 0 aliphatic rings. The van der Waals surface area contributed by atoms with Gasteiger partial charge in [-0.2, -0.15) is 0 Å². The van der Waals surface area contributed by atoms with Crippen LogP contribution in [0.15, 0.2) is 47.5 Å². The predicted molar refractivity (Wildman–Crippen MR) is 123 cm³/mol. The number of ether oxygens (including phenoxy) is 1. The lowest BCUT2D eigenvalue weighted by Gasteiger charge is -2.12. The number of hydrogen-bond donors (Lipinski definition) is 2. The number of aliphatic carboxylic acids is 1. The number of rotatable bonds is 10. The lowest BCUT2D eigenvalue weighted by atomic mass is 10.1. The summed E-state index contributed by atoms with van der Waals surface area (Å²) in [6, 6.07) is 8.60. The Hall–Kier alpha value is -3.39. The number of aromatic hydroxyl groups is 1. The van der Waals surface area contributed by atoms with Gasteiger partial charge in [0.05, 0.1) is 19.0 Å². The van der Waals surface area contributed by atoms with E-state index in [0.717, 1.165) is 35.5 Å². The molecule has 0 saturated heterocycles. The highest BCUT2D eigenvalue weighted by molar-refractivity contribution is 7.09. The predicted octanol–water partition coefficient (Wildman–Crippen LogP) is 4.54. The molecule has 0 aliphatic heterocycles.